The Balaban J connectivity index is 3.77. The highest BCUT2D eigenvalue weighted by Crippen LogP contribution is 2.26. The molecule has 1 unspecified atom stereocenters. The SMILES string of the molecule is CCC(N)C(C)(C)CCCN. The second kappa shape index (κ2) is 4.73. The average Bonchev–Trinajstić information content (AvgIpc) is 1.99. The first-order valence-corrected chi connectivity index (χ1v) is 4.50. The normalized spacial score (nSPS) is 15.0. The summed E-state index contributed by atoms with van der Waals surface area (Å²) in [6, 6.07) is 0.314. The largest absolute Gasteiger partial charge is 0.330 e. The molecule has 1 atom stereocenters. The van der Waals surface area contributed by atoms with E-state index in [-0.39, 0.29) is 5.41 Å². The van der Waals surface area contributed by atoms with Crippen LogP contribution in [0, 0.1) is 5.41 Å². The molecule has 0 spiro atoms. The van der Waals surface area contributed by atoms with Crippen LogP contribution in [0.2, 0.25) is 0 Å². The second-order valence-corrected chi connectivity index (χ2v) is 3.90. The van der Waals surface area contributed by atoms with E-state index >= 15 is 0 Å². The van der Waals surface area contributed by atoms with Crippen LogP contribution < -0.4 is 11.5 Å². The van der Waals surface area contributed by atoms with E-state index in [0.29, 0.717) is 6.04 Å². The topological polar surface area (TPSA) is 52.0 Å². The molecule has 0 aliphatic heterocycles. The number of hydrogen-bond donors (Lipinski definition) is 2. The highest BCUT2D eigenvalue weighted by Gasteiger charge is 2.23. The molecule has 2 heteroatoms. The lowest BCUT2D eigenvalue weighted by molar-refractivity contribution is 0.252. The zero-order valence-corrected chi connectivity index (χ0v) is 8.06. The quantitative estimate of drug-likeness (QED) is 0.637. The van der Waals surface area contributed by atoms with Crippen molar-refractivity contribution in [3.63, 3.8) is 0 Å². The molecule has 0 saturated heterocycles. The molecule has 0 aliphatic carbocycles. The lowest BCUT2D eigenvalue weighted by Crippen LogP contribution is -2.36. The van der Waals surface area contributed by atoms with Gasteiger partial charge in [0, 0.05) is 6.04 Å². The van der Waals surface area contributed by atoms with Gasteiger partial charge in [0.2, 0.25) is 0 Å². The van der Waals surface area contributed by atoms with Gasteiger partial charge in [-0.1, -0.05) is 20.8 Å². The van der Waals surface area contributed by atoms with Gasteiger partial charge in [-0.25, -0.2) is 0 Å². The van der Waals surface area contributed by atoms with Crippen molar-refractivity contribution in [2.24, 2.45) is 16.9 Å². The van der Waals surface area contributed by atoms with E-state index in [1.54, 1.807) is 0 Å². The third kappa shape index (κ3) is 3.73. The van der Waals surface area contributed by atoms with E-state index < -0.39 is 0 Å². The first kappa shape index (κ1) is 10.9. The van der Waals surface area contributed by atoms with Gasteiger partial charge in [-0.3, -0.25) is 0 Å². The molecule has 0 aliphatic rings. The van der Waals surface area contributed by atoms with Crippen molar-refractivity contribution in [1.82, 2.24) is 0 Å². The van der Waals surface area contributed by atoms with Crippen molar-refractivity contribution < 1.29 is 0 Å². The van der Waals surface area contributed by atoms with E-state index in [0.717, 1.165) is 25.8 Å². The Morgan fingerprint density at radius 3 is 2.27 bits per heavy atom. The van der Waals surface area contributed by atoms with Crippen LogP contribution in [0.3, 0.4) is 0 Å². The molecule has 2 nitrogen and oxygen atoms in total. The van der Waals surface area contributed by atoms with Crippen molar-refractivity contribution in [2.75, 3.05) is 6.54 Å². The van der Waals surface area contributed by atoms with Gasteiger partial charge < -0.3 is 11.5 Å². The van der Waals surface area contributed by atoms with Gasteiger partial charge in [0.05, 0.1) is 0 Å². The number of rotatable bonds is 5. The summed E-state index contributed by atoms with van der Waals surface area (Å²) in [6.45, 7) is 7.35. The van der Waals surface area contributed by atoms with Crippen LogP contribution in [0.15, 0.2) is 0 Å². The highest BCUT2D eigenvalue weighted by atomic mass is 14.7. The molecule has 0 fully saturated rings. The van der Waals surface area contributed by atoms with E-state index in [9.17, 15) is 0 Å². The summed E-state index contributed by atoms with van der Waals surface area (Å²) in [6.07, 6.45) is 3.27. The summed E-state index contributed by atoms with van der Waals surface area (Å²) in [5.74, 6) is 0. The molecule has 4 N–H and O–H groups in total. The zero-order valence-electron chi connectivity index (χ0n) is 8.06. The molecular formula is C9H22N2. The molecule has 0 amide bonds. The van der Waals surface area contributed by atoms with Gasteiger partial charge in [0.25, 0.3) is 0 Å². The first-order chi connectivity index (χ1) is 5.04. The first-order valence-electron chi connectivity index (χ1n) is 4.50. The van der Waals surface area contributed by atoms with Crippen LogP contribution in [0.1, 0.15) is 40.0 Å². The van der Waals surface area contributed by atoms with Gasteiger partial charge in [-0.05, 0) is 31.2 Å². The van der Waals surface area contributed by atoms with Crippen LogP contribution >= 0.6 is 0 Å². The predicted molar refractivity (Wildman–Crippen MR) is 50.3 cm³/mol. The fourth-order valence-electron chi connectivity index (χ4n) is 1.30. The summed E-state index contributed by atoms with van der Waals surface area (Å²) in [7, 11) is 0. The minimum absolute atomic E-state index is 0.258. The van der Waals surface area contributed by atoms with Crippen molar-refractivity contribution in [1.29, 1.82) is 0 Å². The van der Waals surface area contributed by atoms with Crippen LogP contribution in [-0.2, 0) is 0 Å². The summed E-state index contributed by atoms with van der Waals surface area (Å²) < 4.78 is 0. The van der Waals surface area contributed by atoms with E-state index in [2.05, 4.69) is 20.8 Å². The molecule has 0 aromatic heterocycles. The lowest BCUT2D eigenvalue weighted by atomic mass is 9.79. The summed E-state index contributed by atoms with van der Waals surface area (Å²) in [4.78, 5) is 0. The van der Waals surface area contributed by atoms with Gasteiger partial charge in [-0.2, -0.15) is 0 Å². The fourth-order valence-corrected chi connectivity index (χ4v) is 1.30. The van der Waals surface area contributed by atoms with Gasteiger partial charge >= 0.3 is 0 Å². The monoisotopic (exact) mass is 158 g/mol. The third-order valence-corrected chi connectivity index (χ3v) is 2.47. The molecule has 0 aromatic rings. The predicted octanol–water partition coefficient (Wildman–Crippen LogP) is 1.49. The van der Waals surface area contributed by atoms with E-state index in [1.807, 2.05) is 0 Å². The van der Waals surface area contributed by atoms with Crippen LogP contribution in [-0.4, -0.2) is 12.6 Å². The Morgan fingerprint density at radius 1 is 1.36 bits per heavy atom. The molecule has 11 heavy (non-hydrogen) atoms. The molecule has 0 heterocycles. The van der Waals surface area contributed by atoms with Crippen LogP contribution in [0.4, 0.5) is 0 Å². The number of nitrogens with two attached hydrogens (primary N) is 2. The van der Waals surface area contributed by atoms with Crippen molar-refractivity contribution in [3.8, 4) is 0 Å². The Labute approximate surface area is 70.3 Å². The molecule has 0 radical (unpaired) electrons. The molecule has 0 saturated carbocycles. The van der Waals surface area contributed by atoms with E-state index in [4.69, 9.17) is 11.5 Å². The molecule has 0 bridgehead atoms. The Morgan fingerprint density at radius 2 is 1.91 bits per heavy atom. The molecule has 68 valence electrons. The smallest absolute Gasteiger partial charge is 0.00876 e. The maximum absolute atomic E-state index is 5.95. The average molecular weight is 158 g/mol. The van der Waals surface area contributed by atoms with Crippen LogP contribution in [0.25, 0.3) is 0 Å². The highest BCUT2D eigenvalue weighted by molar-refractivity contribution is 4.79. The molecular weight excluding hydrogens is 136 g/mol. The molecule has 0 aromatic carbocycles. The Hall–Kier alpha value is -0.0800. The minimum atomic E-state index is 0.258. The summed E-state index contributed by atoms with van der Waals surface area (Å²) in [5, 5.41) is 0. The van der Waals surface area contributed by atoms with Gasteiger partial charge in [0.15, 0.2) is 0 Å². The van der Waals surface area contributed by atoms with Crippen LogP contribution in [0.5, 0.6) is 0 Å². The van der Waals surface area contributed by atoms with Gasteiger partial charge in [0.1, 0.15) is 0 Å². The van der Waals surface area contributed by atoms with E-state index in [1.165, 1.54) is 0 Å². The summed E-state index contributed by atoms with van der Waals surface area (Å²) >= 11 is 0. The molecule has 0 rings (SSSR count). The fraction of sp³-hybridized carbons (Fsp3) is 1.00. The zero-order chi connectivity index (χ0) is 8.91. The Bertz CT molecular complexity index is 99.7. The van der Waals surface area contributed by atoms with Gasteiger partial charge in [-0.15, -0.1) is 0 Å². The second-order valence-electron chi connectivity index (χ2n) is 3.90. The maximum atomic E-state index is 5.95. The minimum Gasteiger partial charge on any atom is -0.330 e. The Kier molecular flexibility index (Phi) is 4.69. The van der Waals surface area contributed by atoms with Crippen molar-refractivity contribution in [3.05, 3.63) is 0 Å². The number of hydrogen-bond acceptors (Lipinski definition) is 2. The van der Waals surface area contributed by atoms with Crippen molar-refractivity contribution in [2.45, 2.75) is 46.1 Å². The summed E-state index contributed by atoms with van der Waals surface area (Å²) in [5.41, 5.74) is 11.6. The third-order valence-electron chi connectivity index (χ3n) is 2.47. The lowest BCUT2D eigenvalue weighted by Gasteiger charge is -2.30. The maximum Gasteiger partial charge on any atom is 0.00876 e. The van der Waals surface area contributed by atoms with Crippen molar-refractivity contribution >= 4 is 0 Å². The standard InChI is InChI=1S/C9H22N2/c1-4-8(11)9(2,3)6-5-7-10/h8H,4-7,10-11H2,1-3H3.